The SMILES string of the molecule is O=C(O)COc1ccc(C=NN=C2NC(=O)C(CC(=O)Nc3ccc(F)cc3)S2)cc1. The lowest BCUT2D eigenvalue weighted by Gasteiger charge is -2.07. The maximum absolute atomic E-state index is 12.9. The number of carboxylic acids is 1. The predicted octanol–water partition coefficient (Wildman–Crippen LogP) is 2.24. The number of carbonyl (C=O) groups excluding carboxylic acids is 2. The van der Waals surface area contributed by atoms with Gasteiger partial charge in [-0.1, -0.05) is 11.8 Å². The van der Waals surface area contributed by atoms with Gasteiger partial charge in [0.15, 0.2) is 11.8 Å². The summed E-state index contributed by atoms with van der Waals surface area (Å²) in [5.74, 6) is -1.80. The zero-order valence-corrected chi connectivity index (χ0v) is 16.8. The van der Waals surface area contributed by atoms with Crippen molar-refractivity contribution in [3.05, 3.63) is 59.9 Å². The lowest BCUT2D eigenvalue weighted by Crippen LogP contribution is -2.28. The third-order valence-corrected chi connectivity index (χ3v) is 4.95. The van der Waals surface area contributed by atoms with Gasteiger partial charge in [-0.3, -0.25) is 9.59 Å². The van der Waals surface area contributed by atoms with E-state index in [-0.39, 0.29) is 23.4 Å². The number of rotatable bonds is 8. The maximum Gasteiger partial charge on any atom is 0.341 e. The summed E-state index contributed by atoms with van der Waals surface area (Å²) in [4.78, 5) is 34.6. The summed E-state index contributed by atoms with van der Waals surface area (Å²) in [6, 6.07) is 11.9. The lowest BCUT2D eigenvalue weighted by molar-refractivity contribution is -0.139. The second kappa shape index (κ2) is 10.3. The van der Waals surface area contributed by atoms with Crippen LogP contribution in [0.4, 0.5) is 10.1 Å². The molecule has 160 valence electrons. The molecule has 1 aliphatic heterocycles. The molecule has 1 saturated heterocycles. The summed E-state index contributed by atoms with van der Waals surface area (Å²) in [6.07, 6.45) is 1.38. The highest BCUT2D eigenvalue weighted by atomic mass is 32.2. The zero-order valence-electron chi connectivity index (χ0n) is 15.9. The van der Waals surface area contributed by atoms with Gasteiger partial charge in [0.2, 0.25) is 11.8 Å². The highest BCUT2D eigenvalue weighted by Crippen LogP contribution is 2.23. The molecule has 0 aromatic heterocycles. The van der Waals surface area contributed by atoms with Crippen molar-refractivity contribution in [1.82, 2.24) is 5.32 Å². The van der Waals surface area contributed by atoms with Crippen LogP contribution in [-0.4, -0.2) is 46.1 Å². The normalized spacial score (nSPS) is 17.0. The Morgan fingerprint density at radius 1 is 1.19 bits per heavy atom. The van der Waals surface area contributed by atoms with Gasteiger partial charge in [-0.25, -0.2) is 9.18 Å². The Morgan fingerprint density at radius 2 is 1.90 bits per heavy atom. The minimum Gasteiger partial charge on any atom is -0.482 e. The number of hydrogen-bond donors (Lipinski definition) is 3. The smallest absolute Gasteiger partial charge is 0.341 e. The van der Waals surface area contributed by atoms with Gasteiger partial charge < -0.3 is 20.5 Å². The molecule has 2 amide bonds. The first-order chi connectivity index (χ1) is 14.9. The second-order valence-corrected chi connectivity index (χ2v) is 7.45. The van der Waals surface area contributed by atoms with Gasteiger partial charge in [-0.05, 0) is 54.1 Å². The Bertz CT molecular complexity index is 1020. The summed E-state index contributed by atoms with van der Waals surface area (Å²) in [5, 5.41) is 21.2. The number of carboxylic acid groups (broad SMARTS) is 1. The summed E-state index contributed by atoms with van der Waals surface area (Å²) in [6.45, 7) is -0.429. The first-order valence-corrected chi connectivity index (χ1v) is 9.85. The van der Waals surface area contributed by atoms with Crippen LogP contribution < -0.4 is 15.4 Å². The number of nitrogens with zero attached hydrogens (tertiary/aromatic N) is 2. The monoisotopic (exact) mass is 444 g/mol. The van der Waals surface area contributed by atoms with Crippen LogP contribution in [0.1, 0.15) is 12.0 Å². The average Bonchev–Trinajstić information content (AvgIpc) is 3.08. The molecule has 0 bridgehead atoms. The van der Waals surface area contributed by atoms with Crippen molar-refractivity contribution in [2.45, 2.75) is 11.7 Å². The number of halogens is 1. The number of nitrogens with one attached hydrogen (secondary N) is 2. The van der Waals surface area contributed by atoms with Crippen LogP contribution in [0, 0.1) is 5.82 Å². The quantitative estimate of drug-likeness (QED) is 0.423. The summed E-state index contributed by atoms with van der Waals surface area (Å²) >= 11 is 1.09. The van der Waals surface area contributed by atoms with Crippen LogP contribution in [0.15, 0.2) is 58.7 Å². The third-order valence-electron chi connectivity index (χ3n) is 3.87. The summed E-state index contributed by atoms with van der Waals surface area (Å²) in [7, 11) is 0. The Morgan fingerprint density at radius 3 is 2.58 bits per heavy atom. The number of amidine groups is 1. The van der Waals surface area contributed by atoms with E-state index in [0.29, 0.717) is 17.0 Å². The van der Waals surface area contributed by atoms with Crippen molar-refractivity contribution >= 4 is 46.6 Å². The molecule has 0 spiro atoms. The number of hydrogen-bond acceptors (Lipinski definition) is 7. The van der Waals surface area contributed by atoms with E-state index in [2.05, 4.69) is 20.8 Å². The average molecular weight is 444 g/mol. The van der Waals surface area contributed by atoms with E-state index in [1.807, 2.05) is 0 Å². The highest BCUT2D eigenvalue weighted by Gasteiger charge is 2.32. The van der Waals surface area contributed by atoms with E-state index in [1.165, 1.54) is 30.5 Å². The van der Waals surface area contributed by atoms with Gasteiger partial charge in [-0.2, -0.15) is 5.10 Å². The van der Waals surface area contributed by atoms with E-state index in [0.717, 1.165) is 11.8 Å². The second-order valence-electron chi connectivity index (χ2n) is 6.26. The number of ether oxygens (including phenoxy) is 1. The standard InChI is InChI=1S/C20H17FN4O5S/c21-13-3-5-14(6-4-13)23-17(26)9-16-19(29)24-20(31-16)25-22-10-12-1-7-15(8-2-12)30-11-18(27)28/h1-8,10,16H,9,11H2,(H,23,26)(H,27,28)(H,24,25,29). The molecule has 11 heteroatoms. The van der Waals surface area contributed by atoms with Gasteiger partial charge in [0.25, 0.3) is 0 Å². The van der Waals surface area contributed by atoms with Crippen molar-refractivity contribution in [2.75, 3.05) is 11.9 Å². The van der Waals surface area contributed by atoms with Crippen LogP contribution in [0.5, 0.6) is 5.75 Å². The molecule has 1 fully saturated rings. The number of anilines is 1. The first-order valence-electron chi connectivity index (χ1n) is 8.97. The largest absolute Gasteiger partial charge is 0.482 e. The Kier molecular flexibility index (Phi) is 7.33. The molecule has 3 N–H and O–H groups in total. The van der Waals surface area contributed by atoms with Gasteiger partial charge in [0.1, 0.15) is 16.8 Å². The third kappa shape index (κ3) is 6.93. The van der Waals surface area contributed by atoms with Crippen molar-refractivity contribution in [3.63, 3.8) is 0 Å². The molecular formula is C20H17FN4O5S. The first kappa shape index (κ1) is 22.0. The van der Waals surface area contributed by atoms with Crippen LogP contribution in [-0.2, 0) is 14.4 Å². The molecule has 2 aromatic rings. The molecule has 1 atom stereocenters. The van der Waals surface area contributed by atoms with Crippen LogP contribution >= 0.6 is 11.8 Å². The van der Waals surface area contributed by atoms with Crippen molar-refractivity contribution in [3.8, 4) is 5.75 Å². The molecule has 31 heavy (non-hydrogen) atoms. The topological polar surface area (TPSA) is 129 Å². The fourth-order valence-electron chi connectivity index (χ4n) is 2.44. The molecule has 0 radical (unpaired) electrons. The van der Waals surface area contributed by atoms with Gasteiger partial charge >= 0.3 is 5.97 Å². The minimum absolute atomic E-state index is 0.0750. The van der Waals surface area contributed by atoms with Crippen molar-refractivity contribution in [2.24, 2.45) is 10.2 Å². The van der Waals surface area contributed by atoms with E-state index < -0.39 is 23.6 Å². The summed E-state index contributed by atoms with van der Waals surface area (Å²) in [5.41, 5.74) is 1.13. The lowest BCUT2D eigenvalue weighted by atomic mass is 10.2. The van der Waals surface area contributed by atoms with Crippen molar-refractivity contribution < 1.29 is 28.6 Å². The molecule has 9 nitrogen and oxygen atoms in total. The molecule has 0 saturated carbocycles. The molecule has 1 heterocycles. The van der Waals surface area contributed by atoms with Gasteiger partial charge in [0, 0.05) is 12.1 Å². The Labute approximate surface area is 180 Å². The Hall–Kier alpha value is -3.73. The number of aliphatic carboxylic acids is 1. The Balaban J connectivity index is 1.50. The van der Waals surface area contributed by atoms with E-state index in [4.69, 9.17) is 9.84 Å². The van der Waals surface area contributed by atoms with E-state index >= 15 is 0 Å². The van der Waals surface area contributed by atoms with Gasteiger partial charge in [-0.15, -0.1) is 5.10 Å². The summed E-state index contributed by atoms with van der Waals surface area (Å²) < 4.78 is 17.9. The van der Waals surface area contributed by atoms with Crippen LogP contribution in [0.25, 0.3) is 0 Å². The fraction of sp³-hybridized carbons (Fsp3) is 0.150. The molecule has 1 aliphatic rings. The van der Waals surface area contributed by atoms with E-state index in [9.17, 15) is 18.8 Å². The molecule has 0 aliphatic carbocycles. The van der Waals surface area contributed by atoms with Crippen LogP contribution in [0.2, 0.25) is 0 Å². The number of carbonyl (C=O) groups is 3. The van der Waals surface area contributed by atoms with E-state index in [1.54, 1.807) is 24.3 Å². The van der Waals surface area contributed by atoms with Crippen LogP contribution in [0.3, 0.4) is 0 Å². The minimum atomic E-state index is -1.07. The maximum atomic E-state index is 12.9. The number of thioether (sulfide) groups is 1. The van der Waals surface area contributed by atoms with Crippen molar-refractivity contribution in [1.29, 1.82) is 0 Å². The fourth-order valence-corrected chi connectivity index (χ4v) is 3.37. The molecular weight excluding hydrogens is 427 g/mol. The number of benzene rings is 2. The predicted molar refractivity (Wildman–Crippen MR) is 114 cm³/mol. The molecule has 2 aromatic carbocycles. The number of amides is 2. The molecule has 3 rings (SSSR count). The highest BCUT2D eigenvalue weighted by molar-refractivity contribution is 8.15. The van der Waals surface area contributed by atoms with Gasteiger partial charge in [0.05, 0.1) is 6.21 Å². The molecule has 1 unspecified atom stereocenters. The zero-order chi connectivity index (χ0) is 22.2.